The van der Waals surface area contributed by atoms with Crippen molar-refractivity contribution < 1.29 is 24.1 Å². The van der Waals surface area contributed by atoms with Crippen LogP contribution in [0, 0.1) is 5.82 Å². The summed E-state index contributed by atoms with van der Waals surface area (Å²) in [6.45, 7) is 0. The fourth-order valence-corrected chi connectivity index (χ4v) is 0.855. The summed E-state index contributed by atoms with van der Waals surface area (Å²) < 4.78 is 17.4. The average Bonchev–Trinajstić information content (AvgIpc) is 2.09. The Morgan fingerprint density at radius 2 is 2.15 bits per heavy atom. The monoisotopic (exact) mass is 186 g/mol. The number of carbonyl (C=O) groups is 1. The Kier molecular flexibility index (Phi) is 2.36. The highest BCUT2D eigenvalue weighted by molar-refractivity contribution is 5.88. The fraction of sp³-hybridized carbons (Fsp3) is 0.125. The smallest absolute Gasteiger partial charge is 0.335 e. The third-order valence-electron chi connectivity index (χ3n) is 1.49. The van der Waals surface area contributed by atoms with Crippen molar-refractivity contribution in [3.63, 3.8) is 0 Å². The fourth-order valence-electron chi connectivity index (χ4n) is 0.855. The number of carboxylic acids is 1. The Morgan fingerprint density at radius 3 is 2.62 bits per heavy atom. The van der Waals surface area contributed by atoms with Crippen molar-refractivity contribution in [2.75, 3.05) is 7.11 Å². The van der Waals surface area contributed by atoms with Crippen LogP contribution >= 0.6 is 0 Å². The first kappa shape index (κ1) is 9.31. The molecule has 0 amide bonds. The molecule has 0 fully saturated rings. The van der Waals surface area contributed by atoms with Crippen LogP contribution in [0.2, 0.25) is 0 Å². The summed E-state index contributed by atoms with van der Waals surface area (Å²) in [4.78, 5) is 10.4. The molecule has 2 N–H and O–H groups in total. The number of phenolic OH excluding ortho intramolecular Hbond substituents is 1. The van der Waals surface area contributed by atoms with Crippen molar-refractivity contribution in [2.24, 2.45) is 0 Å². The number of hydrogen-bond acceptors (Lipinski definition) is 3. The zero-order chi connectivity index (χ0) is 10.0. The van der Waals surface area contributed by atoms with Crippen molar-refractivity contribution in [2.45, 2.75) is 0 Å². The Morgan fingerprint density at radius 1 is 1.54 bits per heavy atom. The molecule has 0 aliphatic carbocycles. The van der Waals surface area contributed by atoms with Gasteiger partial charge >= 0.3 is 5.97 Å². The van der Waals surface area contributed by atoms with Gasteiger partial charge in [0, 0.05) is 0 Å². The zero-order valence-electron chi connectivity index (χ0n) is 6.74. The molecule has 0 atom stereocenters. The maximum Gasteiger partial charge on any atom is 0.335 e. The average molecular weight is 186 g/mol. The summed E-state index contributed by atoms with van der Waals surface area (Å²) in [7, 11) is 1.18. The van der Waals surface area contributed by atoms with Crippen LogP contribution < -0.4 is 4.74 Å². The lowest BCUT2D eigenvalue weighted by Gasteiger charge is -2.04. The van der Waals surface area contributed by atoms with E-state index >= 15 is 0 Å². The molecule has 0 saturated carbocycles. The van der Waals surface area contributed by atoms with Crippen LogP contribution in [0.15, 0.2) is 12.1 Å². The number of methoxy groups -OCH3 is 1. The molecule has 0 heterocycles. The van der Waals surface area contributed by atoms with E-state index in [9.17, 15) is 9.18 Å². The van der Waals surface area contributed by atoms with Crippen LogP contribution in [0.4, 0.5) is 4.39 Å². The predicted molar refractivity (Wildman–Crippen MR) is 41.6 cm³/mol. The number of aromatic carboxylic acids is 1. The van der Waals surface area contributed by atoms with Gasteiger partial charge in [-0.15, -0.1) is 0 Å². The molecule has 0 saturated heterocycles. The first-order chi connectivity index (χ1) is 6.06. The third kappa shape index (κ3) is 1.69. The van der Waals surface area contributed by atoms with Gasteiger partial charge in [-0.05, 0) is 12.1 Å². The minimum atomic E-state index is -1.26. The van der Waals surface area contributed by atoms with E-state index in [1.165, 1.54) is 7.11 Å². The number of phenols is 1. The van der Waals surface area contributed by atoms with E-state index in [4.69, 9.17) is 10.2 Å². The minimum absolute atomic E-state index is 0.226. The highest BCUT2D eigenvalue weighted by Crippen LogP contribution is 2.27. The summed E-state index contributed by atoms with van der Waals surface area (Å²) >= 11 is 0. The van der Waals surface area contributed by atoms with E-state index in [-0.39, 0.29) is 11.3 Å². The van der Waals surface area contributed by atoms with E-state index < -0.39 is 17.5 Å². The molecule has 0 unspecified atom stereocenters. The number of halogens is 1. The lowest BCUT2D eigenvalue weighted by molar-refractivity contribution is 0.0696. The van der Waals surface area contributed by atoms with Gasteiger partial charge in [-0.3, -0.25) is 0 Å². The first-order valence-electron chi connectivity index (χ1n) is 3.36. The number of aromatic hydroxyl groups is 1. The SMILES string of the molecule is COc1cc(C(=O)O)cc(O)c1F. The lowest BCUT2D eigenvalue weighted by Crippen LogP contribution is -1.98. The largest absolute Gasteiger partial charge is 0.505 e. The molecule has 0 aromatic heterocycles. The number of rotatable bonds is 2. The quantitative estimate of drug-likeness (QED) is 0.729. The van der Waals surface area contributed by atoms with Gasteiger partial charge < -0.3 is 14.9 Å². The molecule has 0 bridgehead atoms. The normalized spacial score (nSPS) is 9.69. The summed E-state index contributed by atoms with van der Waals surface area (Å²) in [5.74, 6) is -3.25. The second-order valence-corrected chi connectivity index (χ2v) is 2.32. The van der Waals surface area contributed by atoms with E-state index in [2.05, 4.69) is 4.74 Å². The van der Waals surface area contributed by atoms with Crippen molar-refractivity contribution in [1.82, 2.24) is 0 Å². The standard InChI is InChI=1S/C8H7FO4/c1-13-6-3-4(8(11)12)2-5(10)7(6)9/h2-3,10H,1H3,(H,11,12). The molecule has 5 heteroatoms. The van der Waals surface area contributed by atoms with E-state index in [0.29, 0.717) is 0 Å². The van der Waals surface area contributed by atoms with E-state index in [1.807, 2.05) is 0 Å². The van der Waals surface area contributed by atoms with Crippen molar-refractivity contribution in [3.8, 4) is 11.5 Å². The number of carboxylic acid groups (broad SMARTS) is 1. The maximum absolute atomic E-state index is 12.9. The van der Waals surface area contributed by atoms with Crippen molar-refractivity contribution >= 4 is 5.97 Å². The molecule has 0 aliphatic heterocycles. The van der Waals surface area contributed by atoms with Gasteiger partial charge in [-0.2, -0.15) is 4.39 Å². The molecule has 13 heavy (non-hydrogen) atoms. The number of benzene rings is 1. The van der Waals surface area contributed by atoms with Crippen LogP contribution in [0.25, 0.3) is 0 Å². The summed E-state index contributed by atoms with van der Waals surface area (Å²) in [5.41, 5.74) is -0.226. The Bertz CT molecular complexity index is 348. The Labute approximate surface area is 73.2 Å². The van der Waals surface area contributed by atoms with Gasteiger partial charge in [0.05, 0.1) is 12.7 Å². The lowest BCUT2D eigenvalue weighted by atomic mass is 10.2. The Hall–Kier alpha value is -1.78. The van der Waals surface area contributed by atoms with Crippen LogP contribution in [-0.2, 0) is 0 Å². The second-order valence-electron chi connectivity index (χ2n) is 2.32. The molecule has 1 rings (SSSR count). The van der Waals surface area contributed by atoms with Gasteiger partial charge in [0.1, 0.15) is 0 Å². The number of ether oxygens (including phenoxy) is 1. The van der Waals surface area contributed by atoms with Gasteiger partial charge in [0.2, 0.25) is 5.82 Å². The predicted octanol–water partition coefficient (Wildman–Crippen LogP) is 1.24. The first-order valence-corrected chi connectivity index (χ1v) is 3.36. The van der Waals surface area contributed by atoms with Crippen molar-refractivity contribution in [3.05, 3.63) is 23.5 Å². The molecule has 1 aromatic carbocycles. The van der Waals surface area contributed by atoms with Crippen LogP contribution in [-0.4, -0.2) is 23.3 Å². The molecular weight excluding hydrogens is 179 g/mol. The summed E-state index contributed by atoms with van der Waals surface area (Å²) in [6, 6.07) is 1.82. The molecule has 70 valence electrons. The molecule has 1 aromatic rings. The number of hydrogen-bond donors (Lipinski definition) is 2. The van der Waals surface area contributed by atoms with Crippen molar-refractivity contribution in [1.29, 1.82) is 0 Å². The zero-order valence-corrected chi connectivity index (χ0v) is 6.74. The van der Waals surface area contributed by atoms with Crippen LogP contribution in [0.1, 0.15) is 10.4 Å². The molecular formula is C8H7FO4. The third-order valence-corrected chi connectivity index (χ3v) is 1.49. The maximum atomic E-state index is 12.9. The van der Waals surface area contributed by atoms with Gasteiger partial charge in [0.25, 0.3) is 0 Å². The molecule has 0 radical (unpaired) electrons. The van der Waals surface area contributed by atoms with Gasteiger partial charge in [-0.25, -0.2) is 4.79 Å². The Balaban J connectivity index is 3.30. The van der Waals surface area contributed by atoms with Gasteiger partial charge in [0.15, 0.2) is 11.5 Å². The van der Waals surface area contributed by atoms with E-state index in [0.717, 1.165) is 12.1 Å². The summed E-state index contributed by atoms with van der Waals surface area (Å²) in [5, 5.41) is 17.5. The van der Waals surface area contributed by atoms with Gasteiger partial charge in [-0.1, -0.05) is 0 Å². The molecule has 0 spiro atoms. The topological polar surface area (TPSA) is 66.8 Å². The van der Waals surface area contributed by atoms with Crippen LogP contribution in [0.5, 0.6) is 11.5 Å². The van der Waals surface area contributed by atoms with Crippen LogP contribution in [0.3, 0.4) is 0 Å². The van der Waals surface area contributed by atoms with E-state index in [1.54, 1.807) is 0 Å². The summed E-state index contributed by atoms with van der Waals surface area (Å²) in [6.07, 6.45) is 0. The molecule has 4 nitrogen and oxygen atoms in total. The second kappa shape index (κ2) is 3.30. The highest BCUT2D eigenvalue weighted by atomic mass is 19.1. The highest BCUT2D eigenvalue weighted by Gasteiger charge is 2.13. The molecule has 0 aliphatic rings. The minimum Gasteiger partial charge on any atom is -0.505 e.